The van der Waals surface area contributed by atoms with Crippen LogP contribution in [0.25, 0.3) is 11.1 Å². The summed E-state index contributed by atoms with van der Waals surface area (Å²) >= 11 is 0. The highest BCUT2D eigenvalue weighted by molar-refractivity contribution is 7.90. The van der Waals surface area contributed by atoms with Gasteiger partial charge < -0.3 is 9.47 Å². The van der Waals surface area contributed by atoms with Crippen LogP contribution in [0.5, 0.6) is 0 Å². The molecule has 1 aromatic heterocycles. The normalized spacial score (nSPS) is 11.7. The van der Waals surface area contributed by atoms with E-state index in [9.17, 15) is 18.0 Å². The number of methoxy groups -OCH3 is 1. The quantitative estimate of drug-likeness (QED) is 0.368. The Hall–Kier alpha value is -3.66. The standard InChI is InChI=1S/C28H35N3O6S/c1-7-8-17-31-23(25(19(2)29-31)26(32)36-6)18-20-13-15-21(16-14-20)22-11-9-10-12-24(22)38(34,35)30-27(33)37-28(3,4)5/h9-16H,7-8,17-18H2,1-6H3,(H,30,33). The van der Waals surface area contributed by atoms with Crippen LogP contribution in [-0.4, -0.2) is 43.0 Å². The minimum absolute atomic E-state index is 0.0418. The van der Waals surface area contributed by atoms with Crippen molar-refractivity contribution in [1.29, 1.82) is 0 Å². The molecule has 0 bridgehead atoms. The van der Waals surface area contributed by atoms with E-state index in [0.717, 1.165) is 24.1 Å². The van der Waals surface area contributed by atoms with Crippen molar-refractivity contribution in [2.75, 3.05) is 7.11 Å². The zero-order chi connectivity index (χ0) is 28.1. The molecule has 204 valence electrons. The largest absolute Gasteiger partial charge is 0.465 e. The van der Waals surface area contributed by atoms with Crippen LogP contribution in [-0.2, 0) is 32.5 Å². The number of unbranched alkanes of at least 4 members (excludes halogenated alkanes) is 1. The Balaban J connectivity index is 1.91. The summed E-state index contributed by atoms with van der Waals surface area (Å²) < 4.78 is 40.0. The predicted molar refractivity (Wildman–Crippen MR) is 144 cm³/mol. The van der Waals surface area contributed by atoms with Crippen LogP contribution in [0.4, 0.5) is 4.79 Å². The number of benzene rings is 2. The molecular weight excluding hydrogens is 506 g/mol. The molecule has 1 heterocycles. The average Bonchev–Trinajstić information content (AvgIpc) is 3.15. The molecule has 0 saturated heterocycles. The van der Waals surface area contributed by atoms with E-state index in [-0.39, 0.29) is 4.90 Å². The Morgan fingerprint density at radius 2 is 1.71 bits per heavy atom. The Kier molecular flexibility index (Phi) is 8.98. The molecule has 3 rings (SSSR count). The maximum absolute atomic E-state index is 13.0. The zero-order valence-corrected chi connectivity index (χ0v) is 23.5. The van der Waals surface area contributed by atoms with Gasteiger partial charge in [-0.25, -0.2) is 22.7 Å². The van der Waals surface area contributed by atoms with Crippen molar-refractivity contribution in [3.8, 4) is 11.1 Å². The van der Waals surface area contributed by atoms with Crippen LogP contribution in [0.3, 0.4) is 0 Å². The van der Waals surface area contributed by atoms with E-state index in [1.807, 2.05) is 33.7 Å². The van der Waals surface area contributed by atoms with Gasteiger partial charge in [0.05, 0.1) is 23.4 Å². The summed E-state index contributed by atoms with van der Waals surface area (Å²) in [6.45, 7) is 9.54. The van der Waals surface area contributed by atoms with Crippen molar-refractivity contribution in [1.82, 2.24) is 14.5 Å². The summed E-state index contributed by atoms with van der Waals surface area (Å²) in [5.41, 5.74) is 3.04. The fourth-order valence-electron chi connectivity index (χ4n) is 4.07. The maximum Gasteiger partial charge on any atom is 0.421 e. The SMILES string of the molecule is CCCCn1nc(C)c(C(=O)OC)c1Cc1ccc(-c2ccccc2S(=O)(=O)NC(=O)OC(C)(C)C)cc1. The number of carbonyl (C=O) groups is 2. The van der Waals surface area contributed by atoms with E-state index >= 15 is 0 Å². The van der Waals surface area contributed by atoms with Crippen molar-refractivity contribution in [2.45, 2.75) is 70.9 Å². The molecule has 0 atom stereocenters. The van der Waals surface area contributed by atoms with Crippen LogP contribution >= 0.6 is 0 Å². The molecule has 10 heteroatoms. The molecule has 0 aliphatic carbocycles. The smallest absolute Gasteiger partial charge is 0.421 e. The summed E-state index contributed by atoms with van der Waals surface area (Å²) in [6, 6.07) is 13.8. The van der Waals surface area contributed by atoms with Crippen molar-refractivity contribution >= 4 is 22.1 Å². The number of aryl methyl sites for hydroxylation is 2. The average molecular weight is 542 g/mol. The molecule has 38 heavy (non-hydrogen) atoms. The second-order valence-corrected chi connectivity index (χ2v) is 11.6. The third-order valence-electron chi connectivity index (χ3n) is 5.78. The van der Waals surface area contributed by atoms with Gasteiger partial charge in [0.25, 0.3) is 10.0 Å². The highest BCUT2D eigenvalue weighted by atomic mass is 32.2. The van der Waals surface area contributed by atoms with Crippen molar-refractivity contribution in [2.24, 2.45) is 0 Å². The molecule has 0 spiro atoms. The summed E-state index contributed by atoms with van der Waals surface area (Å²) in [6.07, 6.45) is 1.33. The highest BCUT2D eigenvalue weighted by Crippen LogP contribution is 2.29. The van der Waals surface area contributed by atoms with Gasteiger partial charge in [0.2, 0.25) is 0 Å². The van der Waals surface area contributed by atoms with Crippen LogP contribution in [0, 0.1) is 6.92 Å². The van der Waals surface area contributed by atoms with Gasteiger partial charge >= 0.3 is 12.1 Å². The summed E-state index contributed by atoms with van der Waals surface area (Å²) in [4.78, 5) is 24.6. The molecule has 0 aliphatic rings. The van der Waals surface area contributed by atoms with E-state index in [2.05, 4.69) is 12.0 Å². The van der Waals surface area contributed by atoms with Gasteiger partial charge in [0.1, 0.15) is 11.2 Å². The van der Waals surface area contributed by atoms with E-state index in [1.165, 1.54) is 13.2 Å². The number of nitrogens with zero attached hydrogens (tertiary/aromatic N) is 2. The molecule has 9 nitrogen and oxygen atoms in total. The van der Waals surface area contributed by atoms with Crippen LogP contribution in [0.1, 0.15) is 67.8 Å². The summed E-state index contributed by atoms with van der Waals surface area (Å²) in [7, 11) is -2.83. The number of hydrogen-bond donors (Lipinski definition) is 1. The lowest BCUT2D eigenvalue weighted by atomic mass is 10.0. The molecule has 0 unspecified atom stereocenters. The molecule has 0 saturated carbocycles. The highest BCUT2D eigenvalue weighted by Gasteiger charge is 2.26. The lowest BCUT2D eigenvalue weighted by Crippen LogP contribution is -2.36. The first-order valence-electron chi connectivity index (χ1n) is 12.4. The molecule has 2 aromatic carbocycles. The number of ether oxygens (including phenoxy) is 2. The fourth-order valence-corrected chi connectivity index (χ4v) is 5.17. The third kappa shape index (κ3) is 7.00. The van der Waals surface area contributed by atoms with Gasteiger partial charge in [-0.15, -0.1) is 0 Å². The summed E-state index contributed by atoms with van der Waals surface area (Å²) in [5.74, 6) is -0.423. The number of carbonyl (C=O) groups excluding carboxylic acids is 2. The van der Waals surface area contributed by atoms with E-state index in [0.29, 0.717) is 35.3 Å². The lowest BCUT2D eigenvalue weighted by Gasteiger charge is -2.20. The minimum atomic E-state index is -4.19. The first kappa shape index (κ1) is 28.9. The van der Waals surface area contributed by atoms with Crippen molar-refractivity contribution in [3.05, 3.63) is 71.0 Å². The maximum atomic E-state index is 13.0. The first-order chi connectivity index (χ1) is 17.9. The molecule has 1 amide bonds. The summed E-state index contributed by atoms with van der Waals surface area (Å²) in [5, 5.41) is 4.57. The number of amides is 1. The predicted octanol–water partition coefficient (Wildman–Crippen LogP) is 5.25. The molecule has 0 aliphatic heterocycles. The number of nitrogens with one attached hydrogen (secondary N) is 1. The number of esters is 1. The zero-order valence-electron chi connectivity index (χ0n) is 22.7. The Morgan fingerprint density at radius 1 is 1.05 bits per heavy atom. The number of hydrogen-bond acceptors (Lipinski definition) is 7. The van der Waals surface area contributed by atoms with Crippen LogP contribution in [0.15, 0.2) is 53.4 Å². The molecule has 3 aromatic rings. The molecular formula is C28H35N3O6S. The second-order valence-electron chi connectivity index (χ2n) is 9.95. The van der Waals surface area contributed by atoms with Crippen LogP contribution < -0.4 is 4.72 Å². The number of sulfonamides is 1. The van der Waals surface area contributed by atoms with E-state index < -0.39 is 27.7 Å². The van der Waals surface area contributed by atoms with Gasteiger partial charge in [-0.3, -0.25) is 4.68 Å². The fraction of sp³-hybridized carbons (Fsp3) is 0.393. The molecule has 0 fully saturated rings. The Morgan fingerprint density at radius 3 is 2.32 bits per heavy atom. The number of rotatable bonds is 9. The van der Waals surface area contributed by atoms with Crippen molar-refractivity contribution in [3.63, 3.8) is 0 Å². The topological polar surface area (TPSA) is 117 Å². The number of aromatic nitrogens is 2. The lowest BCUT2D eigenvalue weighted by molar-refractivity contribution is 0.0566. The van der Waals surface area contributed by atoms with Gasteiger partial charge in [-0.1, -0.05) is 55.8 Å². The molecule has 0 radical (unpaired) electrons. The third-order valence-corrected chi connectivity index (χ3v) is 7.15. The van der Waals surface area contributed by atoms with E-state index in [4.69, 9.17) is 9.47 Å². The van der Waals surface area contributed by atoms with Crippen molar-refractivity contribution < 1.29 is 27.5 Å². The Labute approximate surface area is 224 Å². The van der Waals surface area contributed by atoms with E-state index in [1.54, 1.807) is 45.9 Å². The minimum Gasteiger partial charge on any atom is -0.465 e. The van der Waals surface area contributed by atoms with Gasteiger partial charge in [-0.2, -0.15) is 5.10 Å². The first-order valence-corrected chi connectivity index (χ1v) is 13.9. The van der Waals surface area contributed by atoms with Gasteiger partial charge in [0.15, 0.2) is 0 Å². The Bertz CT molecular complexity index is 1400. The van der Waals surface area contributed by atoms with Gasteiger partial charge in [0, 0.05) is 18.5 Å². The molecule has 1 N–H and O–H groups in total. The van der Waals surface area contributed by atoms with Gasteiger partial charge in [-0.05, 0) is 51.3 Å². The second kappa shape index (κ2) is 11.8. The van der Waals surface area contributed by atoms with Crippen LogP contribution in [0.2, 0.25) is 0 Å². The monoisotopic (exact) mass is 541 g/mol.